The van der Waals surface area contributed by atoms with Crippen LogP contribution in [0, 0.1) is 5.92 Å². The van der Waals surface area contributed by atoms with Crippen LogP contribution in [0.25, 0.3) is 11.4 Å². The summed E-state index contributed by atoms with van der Waals surface area (Å²) in [5.41, 5.74) is 0.972. The number of carbonyl (C=O) groups is 1. The van der Waals surface area contributed by atoms with Crippen molar-refractivity contribution in [3.8, 4) is 11.4 Å². The molecule has 21 heavy (non-hydrogen) atoms. The quantitative estimate of drug-likeness (QED) is 0.792. The van der Waals surface area contributed by atoms with Crippen LogP contribution >= 0.6 is 11.8 Å². The molecule has 1 unspecified atom stereocenters. The summed E-state index contributed by atoms with van der Waals surface area (Å²) in [6.45, 7) is 2.49. The second-order valence-electron chi connectivity index (χ2n) is 4.76. The molecule has 1 aromatic carbocycles. The van der Waals surface area contributed by atoms with E-state index in [1.54, 1.807) is 16.4 Å². The summed E-state index contributed by atoms with van der Waals surface area (Å²) >= 11 is 1.63. The summed E-state index contributed by atoms with van der Waals surface area (Å²) in [6, 6.07) is 7.92. The molecule has 0 amide bonds. The molecular formula is C14H18N4O2S. The Labute approximate surface area is 127 Å². The van der Waals surface area contributed by atoms with E-state index in [1.165, 1.54) is 0 Å². The zero-order valence-corrected chi connectivity index (χ0v) is 12.9. The fourth-order valence-electron chi connectivity index (χ4n) is 2.18. The maximum absolute atomic E-state index is 10.9. The van der Waals surface area contributed by atoms with Gasteiger partial charge in [-0.2, -0.15) is 0 Å². The van der Waals surface area contributed by atoms with Crippen LogP contribution in [0.3, 0.4) is 0 Å². The van der Waals surface area contributed by atoms with Crippen LogP contribution in [0.15, 0.2) is 29.2 Å². The van der Waals surface area contributed by atoms with Crippen molar-refractivity contribution in [2.75, 3.05) is 6.26 Å². The smallest absolute Gasteiger partial charge is 0.303 e. The molecule has 1 N–H and O–H groups in total. The van der Waals surface area contributed by atoms with Crippen molar-refractivity contribution in [2.24, 2.45) is 5.92 Å². The van der Waals surface area contributed by atoms with Gasteiger partial charge >= 0.3 is 5.97 Å². The Morgan fingerprint density at radius 1 is 1.43 bits per heavy atom. The minimum atomic E-state index is -0.791. The van der Waals surface area contributed by atoms with Crippen LogP contribution < -0.4 is 0 Å². The van der Waals surface area contributed by atoms with Crippen molar-refractivity contribution in [3.05, 3.63) is 24.3 Å². The summed E-state index contributed by atoms with van der Waals surface area (Å²) in [5.74, 6) is -0.0871. The molecule has 112 valence electrons. The number of aliphatic carboxylic acids is 1. The van der Waals surface area contributed by atoms with Crippen LogP contribution in [0.1, 0.15) is 19.8 Å². The molecule has 0 fully saturated rings. The maximum Gasteiger partial charge on any atom is 0.303 e. The summed E-state index contributed by atoms with van der Waals surface area (Å²) in [7, 11) is 0. The number of hydrogen-bond acceptors (Lipinski definition) is 5. The molecule has 0 aliphatic heterocycles. The predicted molar refractivity (Wildman–Crippen MR) is 81.1 cm³/mol. The van der Waals surface area contributed by atoms with E-state index < -0.39 is 5.97 Å². The van der Waals surface area contributed by atoms with Gasteiger partial charge in [-0.1, -0.05) is 25.5 Å². The molecule has 0 spiro atoms. The Morgan fingerprint density at radius 2 is 2.19 bits per heavy atom. The largest absolute Gasteiger partial charge is 0.481 e. The zero-order chi connectivity index (χ0) is 15.2. The van der Waals surface area contributed by atoms with Gasteiger partial charge in [0.05, 0.1) is 0 Å². The van der Waals surface area contributed by atoms with Gasteiger partial charge in [0.2, 0.25) is 0 Å². The minimum Gasteiger partial charge on any atom is -0.481 e. The summed E-state index contributed by atoms with van der Waals surface area (Å²) < 4.78 is 1.70. The monoisotopic (exact) mass is 306 g/mol. The van der Waals surface area contributed by atoms with E-state index in [0.29, 0.717) is 12.4 Å². The van der Waals surface area contributed by atoms with E-state index in [4.69, 9.17) is 5.11 Å². The van der Waals surface area contributed by atoms with Crippen molar-refractivity contribution in [3.63, 3.8) is 0 Å². The standard InChI is InChI=1S/C14H18N4O2S/c1-3-10(8-13(19)20)9-18-14(15-16-17-18)11-6-4-5-7-12(11)21-2/h4-7,10H,3,8-9H2,1-2H3,(H,19,20). The number of thioether (sulfide) groups is 1. The van der Waals surface area contributed by atoms with Gasteiger partial charge in [0.25, 0.3) is 0 Å². The fourth-order valence-corrected chi connectivity index (χ4v) is 2.77. The molecule has 0 saturated carbocycles. The number of tetrazole rings is 1. The van der Waals surface area contributed by atoms with Gasteiger partial charge in [-0.15, -0.1) is 16.9 Å². The first-order valence-corrected chi connectivity index (χ1v) is 7.99. The van der Waals surface area contributed by atoms with Gasteiger partial charge in [-0.3, -0.25) is 4.79 Å². The van der Waals surface area contributed by atoms with Crippen molar-refractivity contribution in [2.45, 2.75) is 31.2 Å². The molecule has 0 radical (unpaired) electrons. The summed E-state index contributed by atoms with van der Waals surface area (Å²) in [5, 5.41) is 20.8. The third-order valence-corrected chi connectivity index (χ3v) is 4.15. The number of benzene rings is 1. The van der Waals surface area contributed by atoms with Gasteiger partial charge in [0.15, 0.2) is 5.82 Å². The summed E-state index contributed by atoms with van der Waals surface area (Å²) in [4.78, 5) is 12.0. The lowest BCUT2D eigenvalue weighted by Gasteiger charge is -2.14. The Balaban J connectivity index is 2.28. The van der Waals surface area contributed by atoms with Crippen LogP contribution in [0.4, 0.5) is 0 Å². The number of rotatable bonds is 7. The lowest BCUT2D eigenvalue weighted by Crippen LogP contribution is -2.16. The first-order chi connectivity index (χ1) is 10.2. The van der Waals surface area contributed by atoms with E-state index in [0.717, 1.165) is 16.9 Å². The normalized spacial score (nSPS) is 12.3. The third kappa shape index (κ3) is 3.81. The highest BCUT2D eigenvalue weighted by molar-refractivity contribution is 7.98. The predicted octanol–water partition coefficient (Wildman–Crippen LogP) is 2.56. The van der Waals surface area contributed by atoms with E-state index >= 15 is 0 Å². The van der Waals surface area contributed by atoms with Gasteiger partial charge in [0, 0.05) is 23.4 Å². The molecule has 6 nitrogen and oxygen atoms in total. The number of nitrogens with zero attached hydrogens (tertiary/aromatic N) is 4. The Bertz CT molecular complexity index is 615. The second kappa shape index (κ2) is 7.21. The number of hydrogen-bond donors (Lipinski definition) is 1. The lowest BCUT2D eigenvalue weighted by molar-refractivity contribution is -0.138. The van der Waals surface area contributed by atoms with Crippen molar-refractivity contribution >= 4 is 17.7 Å². The molecule has 7 heteroatoms. The average Bonchev–Trinajstić information content (AvgIpc) is 2.94. The molecule has 1 atom stereocenters. The van der Waals surface area contributed by atoms with Crippen LogP contribution in [0.5, 0.6) is 0 Å². The SMILES string of the molecule is CCC(CC(=O)O)Cn1nnnc1-c1ccccc1SC. The number of carboxylic acid groups (broad SMARTS) is 1. The van der Waals surface area contributed by atoms with Crippen LogP contribution in [-0.4, -0.2) is 37.5 Å². The van der Waals surface area contributed by atoms with Crippen LogP contribution in [0.2, 0.25) is 0 Å². The molecular weight excluding hydrogens is 288 g/mol. The van der Waals surface area contributed by atoms with E-state index in [2.05, 4.69) is 15.5 Å². The minimum absolute atomic E-state index is 0.0196. The lowest BCUT2D eigenvalue weighted by atomic mass is 10.0. The van der Waals surface area contributed by atoms with Gasteiger partial charge in [-0.05, 0) is 34.7 Å². The third-order valence-electron chi connectivity index (χ3n) is 3.35. The Hall–Kier alpha value is -1.89. The topological polar surface area (TPSA) is 80.9 Å². The molecule has 0 aliphatic carbocycles. The molecule has 2 rings (SSSR count). The van der Waals surface area contributed by atoms with Gasteiger partial charge < -0.3 is 5.11 Å². The first kappa shape index (κ1) is 15.5. The molecule has 1 heterocycles. The van der Waals surface area contributed by atoms with Gasteiger partial charge in [-0.25, -0.2) is 4.68 Å². The maximum atomic E-state index is 10.9. The van der Waals surface area contributed by atoms with Crippen LogP contribution in [-0.2, 0) is 11.3 Å². The van der Waals surface area contributed by atoms with Crippen molar-refractivity contribution in [1.82, 2.24) is 20.2 Å². The summed E-state index contributed by atoms with van der Waals surface area (Å²) in [6.07, 6.45) is 2.90. The highest BCUT2D eigenvalue weighted by atomic mass is 32.2. The molecule has 1 aromatic heterocycles. The zero-order valence-electron chi connectivity index (χ0n) is 12.1. The first-order valence-electron chi connectivity index (χ1n) is 6.77. The second-order valence-corrected chi connectivity index (χ2v) is 5.61. The molecule has 2 aromatic rings. The highest BCUT2D eigenvalue weighted by Gasteiger charge is 2.17. The average molecular weight is 306 g/mol. The van der Waals surface area contributed by atoms with Crippen molar-refractivity contribution < 1.29 is 9.90 Å². The molecule has 0 aliphatic rings. The van der Waals surface area contributed by atoms with E-state index in [1.807, 2.05) is 37.4 Å². The number of aromatic nitrogens is 4. The van der Waals surface area contributed by atoms with E-state index in [9.17, 15) is 4.79 Å². The van der Waals surface area contributed by atoms with E-state index in [-0.39, 0.29) is 12.3 Å². The van der Waals surface area contributed by atoms with Crippen molar-refractivity contribution in [1.29, 1.82) is 0 Å². The molecule has 0 saturated heterocycles. The molecule has 0 bridgehead atoms. The van der Waals surface area contributed by atoms with Gasteiger partial charge in [0.1, 0.15) is 0 Å². The Morgan fingerprint density at radius 3 is 2.86 bits per heavy atom. The fraction of sp³-hybridized carbons (Fsp3) is 0.429. The Kier molecular flexibility index (Phi) is 5.32. The number of carboxylic acids is 1. The highest BCUT2D eigenvalue weighted by Crippen LogP contribution is 2.28.